The first-order valence-electron chi connectivity index (χ1n) is 14.4. The molecule has 208 valence electrons. The Morgan fingerprint density at radius 3 is 2.32 bits per heavy atom. The lowest BCUT2D eigenvalue weighted by molar-refractivity contribution is -0.144. The van der Waals surface area contributed by atoms with E-state index in [2.05, 4.69) is 13.8 Å². The average molecular weight is 527 g/mol. The Balaban J connectivity index is 1.43. The first-order chi connectivity index (χ1) is 18.5. The second-order valence-electron chi connectivity index (χ2n) is 10.3. The fourth-order valence-corrected chi connectivity index (χ4v) is 4.82. The molecule has 2 aromatic carbocycles. The first-order valence-corrected chi connectivity index (χ1v) is 14.4. The zero-order chi connectivity index (χ0) is 27.2. The molecule has 0 spiro atoms. The number of esters is 2. The normalized spacial score (nSPS) is 16.9. The summed E-state index contributed by atoms with van der Waals surface area (Å²) in [6.07, 6.45) is 13.8. The summed E-state index contributed by atoms with van der Waals surface area (Å²) in [5.74, 6) is -0.956. The van der Waals surface area contributed by atoms with Gasteiger partial charge in [-0.3, -0.25) is 4.79 Å². The van der Waals surface area contributed by atoms with E-state index in [1.54, 1.807) is 12.1 Å². The van der Waals surface area contributed by atoms with Gasteiger partial charge in [-0.2, -0.15) is 0 Å². The number of carbonyl (C=O) groups excluding carboxylic acids is 2. The molecule has 0 aliphatic carbocycles. The van der Waals surface area contributed by atoms with Crippen LogP contribution in [0.2, 0.25) is 0 Å². The topological polar surface area (TPSA) is 61.8 Å². The number of benzene rings is 2. The molecule has 1 aliphatic rings. The van der Waals surface area contributed by atoms with Crippen LogP contribution in [0.3, 0.4) is 0 Å². The zero-order valence-corrected chi connectivity index (χ0v) is 23.0. The number of hydrogen-bond acceptors (Lipinski definition) is 5. The van der Waals surface area contributed by atoms with E-state index >= 15 is 0 Å². The van der Waals surface area contributed by atoms with Gasteiger partial charge in [0.25, 0.3) is 0 Å². The van der Waals surface area contributed by atoms with Crippen LogP contribution in [0.5, 0.6) is 11.5 Å². The zero-order valence-electron chi connectivity index (χ0n) is 23.0. The second kappa shape index (κ2) is 16.2. The minimum absolute atomic E-state index is 0.0253. The summed E-state index contributed by atoms with van der Waals surface area (Å²) >= 11 is 0. The van der Waals surface area contributed by atoms with Crippen LogP contribution in [0.15, 0.2) is 42.5 Å². The lowest BCUT2D eigenvalue weighted by Gasteiger charge is -2.10. The van der Waals surface area contributed by atoms with Gasteiger partial charge in [0.05, 0.1) is 18.1 Å². The van der Waals surface area contributed by atoms with E-state index < -0.39 is 11.8 Å². The Labute approximate surface area is 227 Å². The van der Waals surface area contributed by atoms with Gasteiger partial charge >= 0.3 is 11.9 Å². The van der Waals surface area contributed by atoms with Crippen LogP contribution >= 0.6 is 0 Å². The molecule has 0 unspecified atom stereocenters. The smallest absolute Gasteiger partial charge is 0.343 e. The van der Waals surface area contributed by atoms with Crippen molar-refractivity contribution < 1.29 is 28.2 Å². The maximum atomic E-state index is 14.5. The first kappa shape index (κ1) is 29.7. The van der Waals surface area contributed by atoms with Crippen LogP contribution in [-0.4, -0.2) is 24.6 Å². The van der Waals surface area contributed by atoms with Gasteiger partial charge in [-0.15, -0.1) is 0 Å². The fraction of sp³-hybridized carbons (Fsp3) is 0.562. The van der Waals surface area contributed by atoms with Crippen molar-refractivity contribution >= 4 is 11.9 Å². The van der Waals surface area contributed by atoms with Crippen molar-refractivity contribution in [1.29, 1.82) is 0 Å². The Morgan fingerprint density at radius 1 is 0.921 bits per heavy atom. The minimum atomic E-state index is -0.635. The van der Waals surface area contributed by atoms with Crippen molar-refractivity contribution in [3.05, 3.63) is 59.4 Å². The number of hydrogen-bond donors (Lipinski definition) is 0. The number of cyclic esters (lactones) is 1. The van der Waals surface area contributed by atoms with Gasteiger partial charge < -0.3 is 14.2 Å². The highest BCUT2D eigenvalue weighted by molar-refractivity contribution is 5.91. The molecule has 0 bridgehead atoms. The molecule has 1 aliphatic heterocycles. The van der Waals surface area contributed by atoms with E-state index in [0.29, 0.717) is 18.8 Å². The lowest BCUT2D eigenvalue weighted by atomic mass is 9.94. The highest BCUT2D eigenvalue weighted by Gasteiger charge is 2.33. The largest absolute Gasteiger partial charge is 0.491 e. The standard InChI is InChI=1S/C32H43FO5/c1-3-5-7-9-10-12-20-36-30-19-16-25(23-29(30)33)31(34)37-27-17-14-24(15-18-27)21-26-22-28(38-32(26)35)13-11-8-6-4-2/h14-19,23,26,28H,3-13,20-22H2,1-2H3/t26-,28+/m0/s1. The summed E-state index contributed by atoms with van der Waals surface area (Å²) < 4.78 is 31.0. The summed E-state index contributed by atoms with van der Waals surface area (Å²) in [6.45, 7) is 4.82. The number of unbranched alkanes of at least 4 members (excludes halogenated alkanes) is 8. The van der Waals surface area contributed by atoms with Crippen LogP contribution in [0.4, 0.5) is 4.39 Å². The highest BCUT2D eigenvalue weighted by Crippen LogP contribution is 2.29. The van der Waals surface area contributed by atoms with E-state index in [1.807, 2.05) is 12.1 Å². The monoisotopic (exact) mass is 526 g/mol. The minimum Gasteiger partial charge on any atom is -0.491 e. The van der Waals surface area contributed by atoms with Gasteiger partial charge in [-0.05, 0) is 68.0 Å². The number of carbonyl (C=O) groups is 2. The molecule has 0 radical (unpaired) electrons. The predicted molar refractivity (Wildman–Crippen MR) is 147 cm³/mol. The average Bonchev–Trinajstić information content (AvgIpc) is 3.26. The van der Waals surface area contributed by atoms with E-state index in [0.717, 1.165) is 50.2 Å². The Kier molecular flexibility index (Phi) is 12.6. The molecule has 5 nitrogen and oxygen atoms in total. The van der Waals surface area contributed by atoms with Gasteiger partial charge in [-0.25, -0.2) is 9.18 Å². The molecule has 2 aromatic rings. The van der Waals surface area contributed by atoms with Gasteiger partial charge in [0.2, 0.25) is 0 Å². The van der Waals surface area contributed by atoms with Gasteiger partial charge in [-0.1, -0.05) is 77.3 Å². The van der Waals surface area contributed by atoms with Crippen LogP contribution < -0.4 is 9.47 Å². The third kappa shape index (κ3) is 9.77. The molecular weight excluding hydrogens is 483 g/mol. The molecule has 2 atom stereocenters. The lowest BCUT2D eigenvalue weighted by Crippen LogP contribution is -2.11. The molecule has 0 amide bonds. The van der Waals surface area contributed by atoms with Crippen LogP contribution in [-0.2, 0) is 16.0 Å². The molecule has 0 aromatic heterocycles. The third-order valence-corrected chi connectivity index (χ3v) is 7.08. The third-order valence-electron chi connectivity index (χ3n) is 7.08. The van der Waals surface area contributed by atoms with E-state index in [4.69, 9.17) is 14.2 Å². The van der Waals surface area contributed by atoms with Crippen molar-refractivity contribution in [3.63, 3.8) is 0 Å². The van der Waals surface area contributed by atoms with Crippen molar-refractivity contribution in [2.24, 2.45) is 5.92 Å². The van der Waals surface area contributed by atoms with Crippen molar-refractivity contribution in [2.75, 3.05) is 6.61 Å². The molecule has 0 N–H and O–H groups in total. The molecule has 1 saturated heterocycles. The van der Waals surface area contributed by atoms with Crippen LogP contribution in [0, 0.1) is 11.7 Å². The quantitative estimate of drug-likeness (QED) is 0.118. The molecule has 0 saturated carbocycles. The van der Waals surface area contributed by atoms with Gasteiger partial charge in [0, 0.05) is 0 Å². The number of rotatable bonds is 17. The summed E-state index contributed by atoms with van der Waals surface area (Å²) in [6, 6.07) is 11.2. The summed E-state index contributed by atoms with van der Waals surface area (Å²) in [5.41, 5.74) is 1.11. The van der Waals surface area contributed by atoms with Crippen LogP contribution in [0.1, 0.15) is 107 Å². The Hall–Kier alpha value is -2.89. The van der Waals surface area contributed by atoms with Crippen molar-refractivity contribution in [3.8, 4) is 11.5 Å². The molecule has 3 rings (SSSR count). The van der Waals surface area contributed by atoms with E-state index in [1.165, 1.54) is 50.7 Å². The molecular formula is C32H43FO5. The molecule has 6 heteroatoms. The Bertz CT molecular complexity index is 1000. The fourth-order valence-electron chi connectivity index (χ4n) is 4.82. The van der Waals surface area contributed by atoms with E-state index in [9.17, 15) is 14.0 Å². The summed E-state index contributed by atoms with van der Waals surface area (Å²) in [5, 5.41) is 0. The molecule has 1 heterocycles. The van der Waals surface area contributed by atoms with Crippen LogP contribution in [0.25, 0.3) is 0 Å². The second-order valence-corrected chi connectivity index (χ2v) is 10.3. The van der Waals surface area contributed by atoms with Crippen molar-refractivity contribution in [1.82, 2.24) is 0 Å². The Morgan fingerprint density at radius 2 is 1.61 bits per heavy atom. The molecule has 38 heavy (non-hydrogen) atoms. The highest BCUT2D eigenvalue weighted by atomic mass is 19.1. The SMILES string of the molecule is CCCCCCCCOc1ccc(C(=O)Oc2ccc(C[C@H]3C[C@@H](CCCCCC)OC3=O)cc2)cc1F. The van der Waals surface area contributed by atoms with Gasteiger partial charge in [0.1, 0.15) is 11.9 Å². The molecule has 1 fully saturated rings. The maximum Gasteiger partial charge on any atom is 0.343 e. The van der Waals surface area contributed by atoms with E-state index in [-0.39, 0.29) is 29.3 Å². The number of halogens is 1. The van der Waals surface area contributed by atoms with Gasteiger partial charge in [0.15, 0.2) is 11.6 Å². The summed E-state index contributed by atoms with van der Waals surface area (Å²) in [4.78, 5) is 24.8. The number of ether oxygens (including phenoxy) is 3. The van der Waals surface area contributed by atoms with Crippen molar-refractivity contribution in [2.45, 2.75) is 103 Å². The summed E-state index contributed by atoms with van der Waals surface area (Å²) in [7, 11) is 0. The maximum absolute atomic E-state index is 14.5. The predicted octanol–water partition coefficient (Wildman–Crippen LogP) is 8.23.